The number of hydrogen-bond donors (Lipinski definition) is 0. The average molecular weight is 409 g/mol. The van der Waals surface area contributed by atoms with Crippen molar-refractivity contribution in [2.45, 2.75) is 12.3 Å². The zero-order valence-electron chi connectivity index (χ0n) is 14.2. The van der Waals surface area contributed by atoms with E-state index in [9.17, 15) is 13.2 Å². The van der Waals surface area contributed by atoms with E-state index in [-0.39, 0.29) is 5.97 Å². The monoisotopic (exact) mass is 408 g/mol. The lowest BCUT2D eigenvalue weighted by molar-refractivity contribution is -0.142. The third-order valence-corrected chi connectivity index (χ3v) is 6.41. The van der Waals surface area contributed by atoms with Crippen LogP contribution in [0.1, 0.15) is 17.9 Å². The van der Waals surface area contributed by atoms with Crippen LogP contribution < -0.4 is 0 Å². The smallest absolute Gasteiger partial charge is 0.313 e. The van der Waals surface area contributed by atoms with E-state index in [1.54, 1.807) is 18.2 Å². The summed E-state index contributed by atoms with van der Waals surface area (Å²) >= 11 is 12.0. The van der Waals surface area contributed by atoms with Crippen LogP contribution in [0.4, 0.5) is 0 Å². The molecule has 1 aliphatic heterocycles. The van der Waals surface area contributed by atoms with Gasteiger partial charge >= 0.3 is 5.97 Å². The van der Waals surface area contributed by atoms with Crippen molar-refractivity contribution in [2.75, 3.05) is 46.1 Å². The predicted octanol–water partition coefficient (Wildman–Crippen LogP) is 2.22. The molecule has 1 unspecified atom stereocenters. The first-order valence-corrected chi connectivity index (χ1v) is 10.5. The molecule has 1 atom stereocenters. The van der Waals surface area contributed by atoms with Gasteiger partial charge in [-0.1, -0.05) is 29.3 Å². The minimum absolute atomic E-state index is 0.326. The molecule has 1 fully saturated rings. The Morgan fingerprint density at radius 3 is 2.36 bits per heavy atom. The van der Waals surface area contributed by atoms with E-state index in [0.29, 0.717) is 49.2 Å². The molecule has 0 radical (unpaired) electrons. The summed E-state index contributed by atoms with van der Waals surface area (Å²) in [6.07, 6.45) is 1.78. The summed E-state index contributed by atoms with van der Waals surface area (Å²) in [5, 5.41) is 0.834. The summed E-state index contributed by atoms with van der Waals surface area (Å²) in [6, 6.07) is 5.13. The number of hydrogen-bond acceptors (Lipinski definition) is 5. The van der Waals surface area contributed by atoms with Crippen molar-refractivity contribution in [1.82, 2.24) is 9.21 Å². The van der Waals surface area contributed by atoms with Crippen molar-refractivity contribution < 1.29 is 17.9 Å². The maximum atomic E-state index is 12.2. The van der Waals surface area contributed by atoms with Crippen molar-refractivity contribution in [1.29, 1.82) is 0 Å². The van der Waals surface area contributed by atoms with Gasteiger partial charge in [-0.05, 0) is 30.7 Å². The third kappa shape index (κ3) is 5.56. The maximum absolute atomic E-state index is 12.2. The zero-order chi connectivity index (χ0) is 18.6. The fraction of sp³-hybridized carbons (Fsp3) is 0.562. The van der Waals surface area contributed by atoms with E-state index >= 15 is 0 Å². The SMILES string of the molecule is COC(=O)C(CCN1CCN(S(C)(=O)=O)CC1)c1ccc(Cl)c(Cl)c1. The first-order chi connectivity index (χ1) is 11.7. The summed E-state index contributed by atoms with van der Waals surface area (Å²) in [6.45, 7) is 2.88. The summed E-state index contributed by atoms with van der Waals surface area (Å²) in [5.74, 6) is -0.763. The van der Waals surface area contributed by atoms with Gasteiger partial charge in [-0.15, -0.1) is 0 Å². The van der Waals surface area contributed by atoms with E-state index in [0.717, 1.165) is 5.56 Å². The highest BCUT2D eigenvalue weighted by atomic mass is 35.5. The molecule has 6 nitrogen and oxygen atoms in total. The Hall–Kier alpha value is -0.860. The molecule has 0 aromatic heterocycles. The van der Waals surface area contributed by atoms with Crippen molar-refractivity contribution in [3.05, 3.63) is 33.8 Å². The van der Waals surface area contributed by atoms with Gasteiger partial charge in [-0.25, -0.2) is 8.42 Å². The van der Waals surface area contributed by atoms with Crippen LogP contribution in [0.25, 0.3) is 0 Å². The van der Waals surface area contributed by atoms with Crippen LogP contribution in [-0.4, -0.2) is 69.7 Å². The summed E-state index contributed by atoms with van der Waals surface area (Å²) in [4.78, 5) is 14.3. The highest BCUT2D eigenvalue weighted by molar-refractivity contribution is 7.88. The Morgan fingerprint density at radius 2 is 1.84 bits per heavy atom. The van der Waals surface area contributed by atoms with Gasteiger partial charge in [0.25, 0.3) is 0 Å². The van der Waals surface area contributed by atoms with Gasteiger partial charge < -0.3 is 9.64 Å². The zero-order valence-corrected chi connectivity index (χ0v) is 16.6. The van der Waals surface area contributed by atoms with Crippen LogP contribution in [0.5, 0.6) is 0 Å². The molecule has 140 valence electrons. The van der Waals surface area contributed by atoms with Crippen LogP contribution in [0.2, 0.25) is 10.0 Å². The standard InChI is InChI=1S/C16H22Cl2N2O4S/c1-24-16(21)13(12-3-4-14(17)15(18)11-12)5-6-19-7-9-20(10-8-19)25(2,22)23/h3-4,11,13H,5-10H2,1-2H3. The molecule has 1 aromatic carbocycles. The van der Waals surface area contributed by atoms with Crippen LogP contribution in [0.3, 0.4) is 0 Å². The van der Waals surface area contributed by atoms with Gasteiger partial charge in [0.05, 0.1) is 29.3 Å². The number of carbonyl (C=O) groups is 1. The highest BCUT2D eigenvalue weighted by Gasteiger charge is 2.26. The van der Waals surface area contributed by atoms with Crippen molar-refractivity contribution in [3.8, 4) is 0 Å². The Balaban J connectivity index is 1.99. The number of halogens is 2. The second-order valence-corrected chi connectivity index (χ2v) is 8.84. The predicted molar refractivity (Wildman–Crippen MR) is 98.7 cm³/mol. The highest BCUT2D eigenvalue weighted by Crippen LogP contribution is 2.29. The largest absolute Gasteiger partial charge is 0.469 e. The molecule has 0 amide bonds. The molecule has 1 saturated heterocycles. The molecule has 0 saturated carbocycles. The van der Waals surface area contributed by atoms with Gasteiger partial charge in [0, 0.05) is 26.2 Å². The maximum Gasteiger partial charge on any atom is 0.313 e. The Bertz CT molecular complexity index is 719. The molecule has 1 heterocycles. The fourth-order valence-corrected chi connectivity index (χ4v) is 4.02. The Labute approximate surface area is 158 Å². The number of sulfonamides is 1. The van der Waals surface area contributed by atoms with Crippen LogP contribution in [0, 0.1) is 0 Å². The molecule has 0 bridgehead atoms. The van der Waals surface area contributed by atoms with E-state index in [4.69, 9.17) is 27.9 Å². The number of nitrogens with zero attached hydrogens (tertiary/aromatic N) is 2. The Kier molecular flexibility index (Phi) is 7.10. The summed E-state index contributed by atoms with van der Waals surface area (Å²) < 4.78 is 29.5. The van der Waals surface area contributed by atoms with Gasteiger partial charge in [-0.2, -0.15) is 4.31 Å². The van der Waals surface area contributed by atoms with Crippen LogP contribution in [-0.2, 0) is 19.6 Å². The summed E-state index contributed by atoms with van der Waals surface area (Å²) in [7, 11) is -1.79. The molecule has 0 aliphatic carbocycles. The van der Waals surface area contributed by atoms with Gasteiger partial charge in [0.15, 0.2) is 0 Å². The number of benzene rings is 1. The molecular formula is C16H22Cl2N2O4S. The second kappa shape index (κ2) is 8.68. The van der Waals surface area contributed by atoms with Crippen molar-refractivity contribution in [3.63, 3.8) is 0 Å². The number of piperazine rings is 1. The van der Waals surface area contributed by atoms with E-state index in [1.807, 2.05) is 0 Å². The third-order valence-electron chi connectivity index (χ3n) is 4.37. The lowest BCUT2D eigenvalue weighted by atomic mass is 9.95. The second-order valence-electron chi connectivity index (χ2n) is 6.04. The van der Waals surface area contributed by atoms with E-state index in [1.165, 1.54) is 17.7 Å². The van der Waals surface area contributed by atoms with Crippen LogP contribution in [0.15, 0.2) is 18.2 Å². The topological polar surface area (TPSA) is 66.9 Å². The number of rotatable bonds is 6. The number of esters is 1. The van der Waals surface area contributed by atoms with E-state index in [2.05, 4.69) is 4.90 Å². The molecule has 1 aliphatic rings. The molecule has 2 rings (SSSR count). The van der Waals surface area contributed by atoms with Gasteiger partial charge in [0.1, 0.15) is 0 Å². The number of methoxy groups -OCH3 is 1. The minimum atomic E-state index is -3.14. The average Bonchev–Trinajstić information content (AvgIpc) is 2.57. The normalized spacial score (nSPS) is 18.1. The lowest BCUT2D eigenvalue weighted by Crippen LogP contribution is -2.48. The van der Waals surface area contributed by atoms with Crippen LogP contribution >= 0.6 is 23.2 Å². The quantitative estimate of drug-likeness (QED) is 0.675. The first kappa shape index (κ1) is 20.5. The number of carbonyl (C=O) groups excluding carboxylic acids is 1. The Morgan fingerprint density at radius 1 is 1.20 bits per heavy atom. The molecular weight excluding hydrogens is 387 g/mol. The van der Waals surface area contributed by atoms with Gasteiger partial charge in [0.2, 0.25) is 10.0 Å². The summed E-state index contributed by atoms with van der Waals surface area (Å²) in [5.41, 5.74) is 0.760. The van der Waals surface area contributed by atoms with E-state index < -0.39 is 15.9 Å². The number of ether oxygens (including phenoxy) is 1. The van der Waals surface area contributed by atoms with Crippen molar-refractivity contribution >= 4 is 39.2 Å². The molecule has 0 spiro atoms. The lowest BCUT2D eigenvalue weighted by Gasteiger charge is -2.33. The fourth-order valence-electron chi connectivity index (χ4n) is 2.89. The molecule has 1 aromatic rings. The minimum Gasteiger partial charge on any atom is -0.469 e. The van der Waals surface area contributed by atoms with Crippen molar-refractivity contribution in [2.24, 2.45) is 0 Å². The molecule has 9 heteroatoms. The molecule has 0 N–H and O–H groups in total. The molecule has 25 heavy (non-hydrogen) atoms. The first-order valence-electron chi connectivity index (χ1n) is 7.92. The van der Waals surface area contributed by atoms with Gasteiger partial charge in [-0.3, -0.25) is 4.79 Å².